The smallest absolute Gasteiger partial charge is 0.398 e. The minimum atomic E-state index is -1.19. The van der Waals surface area contributed by atoms with E-state index in [9.17, 15) is 4.79 Å². The summed E-state index contributed by atoms with van der Waals surface area (Å²) >= 11 is 0. The molecule has 1 aromatic rings. The number of fused-ring (bicyclic) bond motifs is 1. The van der Waals surface area contributed by atoms with Gasteiger partial charge in [0, 0.05) is 17.8 Å². The van der Waals surface area contributed by atoms with Crippen LogP contribution in [0, 0.1) is 0 Å². The number of hydrogen-bond donors (Lipinski definition) is 2. The molecule has 1 saturated heterocycles. The third kappa shape index (κ3) is 3.04. The Hall–Kier alpha value is -1.96. The summed E-state index contributed by atoms with van der Waals surface area (Å²) in [5, 5.41) is 6.02. The maximum atomic E-state index is 15.3. The normalized spacial score (nSPS) is 25.1. The van der Waals surface area contributed by atoms with Crippen LogP contribution in [0.3, 0.4) is 0 Å². The minimum absolute atomic E-state index is 0.000107. The number of carbonyl (C=O) groups excluding carboxylic acids is 1. The van der Waals surface area contributed by atoms with E-state index < -0.39 is 30.0 Å². The maximum absolute atomic E-state index is 15.3. The van der Waals surface area contributed by atoms with Crippen molar-refractivity contribution in [1.82, 2.24) is 5.32 Å². The van der Waals surface area contributed by atoms with Crippen molar-refractivity contribution in [2.45, 2.75) is 45.3 Å². The Labute approximate surface area is 159 Å². The van der Waals surface area contributed by atoms with E-state index in [-0.39, 0.29) is 5.57 Å². The predicted molar refractivity (Wildman–Crippen MR) is 105 cm³/mol. The quantitative estimate of drug-likeness (QED) is 0.620. The standard InChI is InChI=1S/C20H24BFN2O3/c1-19(2)20(3,4)27-21(26-19)17(22)16-14-11-13(12-7-9-23-10-8-12)5-6-15(14)24-18(16)25/h5-7,11,23H,8-10H2,1-4H3,(H,24,25). The van der Waals surface area contributed by atoms with Crippen LogP contribution >= 0.6 is 0 Å². The molecule has 0 spiro atoms. The number of rotatable bonds is 2. The summed E-state index contributed by atoms with van der Waals surface area (Å²) < 4.78 is 26.9. The molecule has 3 heterocycles. The first-order chi connectivity index (χ1) is 12.7. The maximum Gasteiger partial charge on any atom is 0.526 e. The second kappa shape index (κ2) is 6.29. The summed E-state index contributed by atoms with van der Waals surface area (Å²) in [6, 6.07) is 5.67. The Morgan fingerprint density at radius 1 is 1.19 bits per heavy atom. The first kappa shape index (κ1) is 18.4. The van der Waals surface area contributed by atoms with Crippen LogP contribution in [0.4, 0.5) is 10.1 Å². The van der Waals surface area contributed by atoms with Crippen LogP contribution < -0.4 is 10.6 Å². The molecule has 0 aromatic heterocycles. The summed E-state index contributed by atoms with van der Waals surface area (Å²) in [7, 11) is -1.19. The topological polar surface area (TPSA) is 59.6 Å². The number of nitrogens with one attached hydrogen (secondary N) is 2. The molecular weight excluding hydrogens is 346 g/mol. The molecule has 0 atom stereocenters. The number of amides is 1. The molecular formula is C20H24BFN2O3. The fourth-order valence-corrected chi connectivity index (χ4v) is 3.55. The summed E-state index contributed by atoms with van der Waals surface area (Å²) in [4.78, 5) is 12.5. The number of benzene rings is 1. The number of anilines is 1. The second-order valence-electron chi connectivity index (χ2n) is 8.21. The van der Waals surface area contributed by atoms with E-state index in [0.717, 1.165) is 25.1 Å². The van der Waals surface area contributed by atoms with E-state index in [4.69, 9.17) is 9.31 Å². The van der Waals surface area contributed by atoms with E-state index in [1.165, 1.54) is 5.57 Å². The van der Waals surface area contributed by atoms with Gasteiger partial charge in [0.1, 0.15) is 5.73 Å². The van der Waals surface area contributed by atoms with Gasteiger partial charge in [0.15, 0.2) is 0 Å². The molecule has 27 heavy (non-hydrogen) atoms. The number of halogens is 1. The third-order valence-electron chi connectivity index (χ3n) is 5.90. The predicted octanol–water partition coefficient (Wildman–Crippen LogP) is 3.33. The molecule has 0 bridgehead atoms. The lowest BCUT2D eigenvalue weighted by atomic mass is 9.82. The molecule has 1 fully saturated rings. The van der Waals surface area contributed by atoms with Crippen LogP contribution in [0.15, 0.2) is 30.0 Å². The highest BCUT2D eigenvalue weighted by Gasteiger charge is 2.54. The lowest BCUT2D eigenvalue weighted by molar-refractivity contribution is -0.110. The van der Waals surface area contributed by atoms with Gasteiger partial charge in [0.2, 0.25) is 0 Å². The third-order valence-corrected chi connectivity index (χ3v) is 5.90. The Balaban J connectivity index is 1.74. The molecule has 7 heteroatoms. The SMILES string of the molecule is CC1(C)OB(C(F)=C2C(=O)Nc3ccc(C4=CCNCC4)cc32)OC1(C)C. The van der Waals surface area contributed by atoms with Crippen molar-refractivity contribution in [1.29, 1.82) is 0 Å². The second-order valence-corrected chi connectivity index (χ2v) is 8.21. The van der Waals surface area contributed by atoms with Crippen LogP contribution in [0.5, 0.6) is 0 Å². The van der Waals surface area contributed by atoms with Crippen molar-refractivity contribution >= 4 is 29.9 Å². The van der Waals surface area contributed by atoms with Crippen molar-refractivity contribution in [2.75, 3.05) is 18.4 Å². The van der Waals surface area contributed by atoms with Gasteiger partial charge in [-0.2, -0.15) is 0 Å². The van der Waals surface area contributed by atoms with Gasteiger partial charge in [-0.3, -0.25) is 4.79 Å². The lowest BCUT2D eigenvalue weighted by Gasteiger charge is -2.32. The fourth-order valence-electron chi connectivity index (χ4n) is 3.55. The average molecular weight is 370 g/mol. The Morgan fingerprint density at radius 2 is 1.89 bits per heavy atom. The molecule has 2 N–H and O–H groups in total. The minimum Gasteiger partial charge on any atom is -0.398 e. The van der Waals surface area contributed by atoms with Crippen molar-refractivity contribution in [3.05, 3.63) is 41.1 Å². The molecule has 0 unspecified atom stereocenters. The summed E-state index contributed by atoms with van der Waals surface area (Å²) in [6.07, 6.45) is 3.03. The van der Waals surface area contributed by atoms with Gasteiger partial charge in [-0.1, -0.05) is 12.1 Å². The highest BCUT2D eigenvalue weighted by molar-refractivity contribution is 6.58. The number of carbonyl (C=O) groups is 1. The Bertz CT molecular complexity index is 860. The van der Waals surface area contributed by atoms with Crippen LogP contribution in [0.1, 0.15) is 45.2 Å². The van der Waals surface area contributed by atoms with Gasteiger partial charge < -0.3 is 19.9 Å². The van der Waals surface area contributed by atoms with Gasteiger partial charge >= 0.3 is 7.12 Å². The summed E-state index contributed by atoms with van der Waals surface area (Å²) in [5.74, 6) is -0.464. The summed E-state index contributed by atoms with van der Waals surface area (Å²) in [6.45, 7) is 9.15. The van der Waals surface area contributed by atoms with Crippen LogP contribution in [0.25, 0.3) is 11.1 Å². The molecule has 1 amide bonds. The van der Waals surface area contributed by atoms with Gasteiger partial charge in [0.25, 0.3) is 5.91 Å². The largest absolute Gasteiger partial charge is 0.526 e. The molecule has 3 aliphatic rings. The molecule has 4 rings (SSSR count). The Morgan fingerprint density at radius 3 is 2.52 bits per heavy atom. The molecule has 0 saturated carbocycles. The van der Waals surface area contributed by atoms with E-state index in [2.05, 4.69) is 16.7 Å². The molecule has 0 aliphatic carbocycles. The fraction of sp³-hybridized carbons (Fsp3) is 0.450. The molecule has 5 nitrogen and oxygen atoms in total. The van der Waals surface area contributed by atoms with Gasteiger partial charge in [0.05, 0.1) is 16.8 Å². The molecule has 142 valence electrons. The van der Waals surface area contributed by atoms with Crippen molar-refractivity contribution in [2.24, 2.45) is 0 Å². The zero-order valence-corrected chi connectivity index (χ0v) is 16.1. The van der Waals surface area contributed by atoms with Crippen LogP contribution in [-0.4, -0.2) is 37.3 Å². The first-order valence-electron chi connectivity index (χ1n) is 9.31. The average Bonchev–Trinajstić information content (AvgIpc) is 3.06. The highest BCUT2D eigenvalue weighted by atomic mass is 19.1. The van der Waals surface area contributed by atoms with Gasteiger partial charge in [-0.15, -0.1) is 0 Å². The van der Waals surface area contributed by atoms with E-state index in [1.54, 1.807) is 0 Å². The lowest BCUT2D eigenvalue weighted by Crippen LogP contribution is -2.41. The molecule has 3 aliphatic heterocycles. The highest BCUT2D eigenvalue weighted by Crippen LogP contribution is 2.43. The van der Waals surface area contributed by atoms with E-state index in [0.29, 0.717) is 11.3 Å². The molecule has 0 radical (unpaired) electrons. The van der Waals surface area contributed by atoms with Crippen LogP contribution in [0.2, 0.25) is 0 Å². The zero-order chi connectivity index (χ0) is 19.4. The first-order valence-corrected chi connectivity index (χ1v) is 9.31. The van der Waals surface area contributed by atoms with Crippen molar-refractivity contribution < 1.29 is 18.5 Å². The van der Waals surface area contributed by atoms with Crippen LogP contribution in [-0.2, 0) is 14.1 Å². The molecule has 1 aromatic carbocycles. The van der Waals surface area contributed by atoms with Crippen molar-refractivity contribution in [3.63, 3.8) is 0 Å². The Kier molecular flexibility index (Phi) is 4.29. The van der Waals surface area contributed by atoms with E-state index >= 15 is 4.39 Å². The van der Waals surface area contributed by atoms with Gasteiger partial charge in [-0.25, -0.2) is 4.39 Å². The zero-order valence-electron chi connectivity index (χ0n) is 16.1. The monoisotopic (exact) mass is 370 g/mol. The van der Waals surface area contributed by atoms with Crippen molar-refractivity contribution in [3.8, 4) is 0 Å². The number of hydrogen-bond acceptors (Lipinski definition) is 4. The van der Waals surface area contributed by atoms with Gasteiger partial charge in [-0.05, 0) is 63.9 Å². The summed E-state index contributed by atoms with van der Waals surface area (Å²) in [5.41, 5.74) is 1.35. The van der Waals surface area contributed by atoms with E-state index in [1.807, 2.05) is 45.9 Å².